The molecule has 0 unspecified atom stereocenters. The van der Waals surface area contributed by atoms with Crippen LogP contribution < -0.4 is 0 Å². The van der Waals surface area contributed by atoms with Crippen LogP contribution in [0.15, 0.2) is 48.0 Å². The second-order valence-corrected chi connectivity index (χ2v) is 13.5. The quantitative estimate of drug-likeness (QED) is 0.518. The number of aliphatic imine (C=N–C) groups is 1. The summed E-state index contributed by atoms with van der Waals surface area (Å²) in [5.41, 5.74) is 1.01. The highest BCUT2D eigenvalue weighted by Gasteiger charge is 2.45. The highest BCUT2D eigenvalue weighted by Crippen LogP contribution is 2.40. The fraction of sp³-hybridized carbons (Fsp3) is 0.571. The molecule has 3 nitrogen and oxygen atoms in total. The lowest BCUT2D eigenvalue weighted by Crippen LogP contribution is -2.54. The van der Waals surface area contributed by atoms with Gasteiger partial charge in [-0.3, -0.25) is 0 Å². The van der Waals surface area contributed by atoms with Crippen LogP contribution >= 0.6 is 0 Å². The fourth-order valence-corrected chi connectivity index (χ4v) is 4.02. The number of nitrogens with zero attached hydrogens (tertiary/aromatic N) is 1. The Labute approximate surface area is 154 Å². The molecule has 1 aromatic rings. The topological polar surface area (TPSA) is 30.8 Å². The van der Waals surface area contributed by atoms with E-state index < -0.39 is 8.32 Å². The molecule has 1 aliphatic heterocycles. The van der Waals surface area contributed by atoms with Gasteiger partial charge in [-0.05, 0) is 42.3 Å². The van der Waals surface area contributed by atoms with Crippen molar-refractivity contribution in [2.75, 3.05) is 0 Å². The lowest BCUT2D eigenvalue weighted by molar-refractivity contribution is 0.0216. The first-order chi connectivity index (χ1) is 11.6. The van der Waals surface area contributed by atoms with Gasteiger partial charge >= 0.3 is 0 Å². The second kappa shape index (κ2) is 7.46. The standard InChI is InChI=1S/C21H33NO2Si/c1-9-17-19(24-25(7,8)21(4,5)6)18(15(2)3)22-20(23-17)16-13-11-10-12-14-16/h9-15,17-19H,1H2,2-8H3/t17-,18-,19-/m0/s1. The Morgan fingerprint density at radius 1 is 1.20 bits per heavy atom. The molecule has 2 rings (SSSR count). The van der Waals surface area contributed by atoms with Gasteiger partial charge in [0, 0.05) is 5.56 Å². The molecular weight excluding hydrogens is 326 g/mol. The van der Waals surface area contributed by atoms with Crippen molar-refractivity contribution < 1.29 is 9.16 Å². The van der Waals surface area contributed by atoms with Gasteiger partial charge in [-0.15, -0.1) is 0 Å². The zero-order valence-electron chi connectivity index (χ0n) is 16.7. The van der Waals surface area contributed by atoms with Crippen molar-refractivity contribution in [3.63, 3.8) is 0 Å². The summed E-state index contributed by atoms with van der Waals surface area (Å²) >= 11 is 0. The van der Waals surface area contributed by atoms with Crippen LogP contribution in [0, 0.1) is 5.92 Å². The molecule has 1 aliphatic rings. The molecule has 0 radical (unpaired) electrons. The Bertz CT molecular complexity index is 617. The SMILES string of the molecule is C=C[C@@H]1OC(c2ccccc2)=N[C@@H](C(C)C)[C@H]1O[Si](C)(C)C(C)(C)C. The minimum Gasteiger partial charge on any atom is -0.467 e. The molecule has 0 N–H and O–H groups in total. The maximum Gasteiger partial charge on any atom is 0.217 e. The molecule has 138 valence electrons. The van der Waals surface area contributed by atoms with Gasteiger partial charge in [0.25, 0.3) is 0 Å². The molecule has 0 saturated carbocycles. The van der Waals surface area contributed by atoms with E-state index in [4.69, 9.17) is 14.2 Å². The maximum absolute atomic E-state index is 6.74. The van der Waals surface area contributed by atoms with E-state index in [1.165, 1.54) is 0 Å². The minimum absolute atomic E-state index is 0.0566. The lowest BCUT2D eigenvalue weighted by atomic mass is 9.94. The number of hydrogen-bond acceptors (Lipinski definition) is 3. The summed E-state index contributed by atoms with van der Waals surface area (Å²) in [5.74, 6) is 1.05. The van der Waals surface area contributed by atoms with Gasteiger partial charge in [0.05, 0.1) is 6.04 Å². The maximum atomic E-state index is 6.74. The summed E-state index contributed by atoms with van der Waals surface area (Å²) in [6.45, 7) is 19.7. The van der Waals surface area contributed by atoms with Crippen molar-refractivity contribution >= 4 is 14.2 Å². The van der Waals surface area contributed by atoms with Crippen molar-refractivity contribution in [2.24, 2.45) is 10.9 Å². The van der Waals surface area contributed by atoms with E-state index in [1.807, 2.05) is 36.4 Å². The van der Waals surface area contributed by atoms with E-state index in [-0.39, 0.29) is 23.3 Å². The fourth-order valence-electron chi connectivity index (χ4n) is 2.72. The third-order valence-electron chi connectivity index (χ3n) is 5.35. The summed E-state index contributed by atoms with van der Waals surface area (Å²) in [6.07, 6.45) is 1.59. The molecule has 0 saturated heterocycles. The third kappa shape index (κ3) is 4.42. The largest absolute Gasteiger partial charge is 0.467 e. The van der Waals surface area contributed by atoms with Gasteiger partial charge < -0.3 is 9.16 Å². The second-order valence-electron chi connectivity index (χ2n) is 8.70. The Morgan fingerprint density at radius 2 is 1.80 bits per heavy atom. The Balaban J connectivity index is 2.39. The van der Waals surface area contributed by atoms with E-state index in [9.17, 15) is 0 Å². The van der Waals surface area contributed by atoms with Crippen LogP contribution in [0.3, 0.4) is 0 Å². The molecule has 1 aromatic carbocycles. The normalized spacial score (nSPS) is 24.6. The first-order valence-corrected chi connectivity index (χ1v) is 12.1. The highest BCUT2D eigenvalue weighted by molar-refractivity contribution is 6.74. The van der Waals surface area contributed by atoms with Crippen molar-refractivity contribution in [3.05, 3.63) is 48.6 Å². The molecular formula is C21H33NO2Si. The third-order valence-corrected chi connectivity index (χ3v) is 9.82. The van der Waals surface area contributed by atoms with Gasteiger partial charge in [-0.1, -0.05) is 59.4 Å². The van der Waals surface area contributed by atoms with Crippen molar-refractivity contribution in [2.45, 2.75) is 71.0 Å². The van der Waals surface area contributed by atoms with Gasteiger partial charge in [-0.25, -0.2) is 4.99 Å². The predicted octanol–water partition coefficient (Wildman–Crippen LogP) is 5.43. The van der Waals surface area contributed by atoms with E-state index in [0.717, 1.165) is 5.56 Å². The molecule has 0 fully saturated rings. The van der Waals surface area contributed by atoms with Gasteiger partial charge in [-0.2, -0.15) is 0 Å². The summed E-state index contributed by atoms with van der Waals surface area (Å²) in [6, 6.07) is 10.1. The van der Waals surface area contributed by atoms with Crippen LogP contribution in [0.1, 0.15) is 40.2 Å². The Hall–Kier alpha value is -1.39. The van der Waals surface area contributed by atoms with E-state index in [0.29, 0.717) is 11.8 Å². The van der Waals surface area contributed by atoms with Crippen LogP contribution in [0.2, 0.25) is 18.1 Å². The molecule has 0 aliphatic carbocycles. The first kappa shape index (κ1) is 19.9. The van der Waals surface area contributed by atoms with E-state index >= 15 is 0 Å². The number of ether oxygens (including phenoxy) is 1. The summed E-state index contributed by atoms with van der Waals surface area (Å²) in [4.78, 5) is 4.94. The average Bonchev–Trinajstić information content (AvgIpc) is 2.54. The van der Waals surface area contributed by atoms with Crippen molar-refractivity contribution in [3.8, 4) is 0 Å². The molecule has 4 heteroatoms. The number of hydrogen-bond donors (Lipinski definition) is 0. The molecule has 0 spiro atoms. The summed E-state index contributed by atoms with van der Waals surface area (Å²) in [5, 5.41) is 0.143. The van der Waals surface area contributed by atoms with Gasteiger partial charge in [0.15, 0.2) is 8.32 Å². The summed E-state index contributed by atoms with van der Waals surface area (Å²) in [7, 11) is -1.94. The van der Waals surface area contributed by atoms with Crippen LogP contribution in [0.25, 0.3) is 0 Å². The minimum atomic E-state index is -1.94. The molecule has 25 heavy (non-hydrogen) atoms. The van der Waals surface area contributed by atoms with Gasteiger partial charge in [0.1, 0.15) is 12.2 Å². The molecule has 1 heterocycles. The predicted molar refractivity (Wildman–Crippen MR) is 109 cm³/mol. The van der Waals surface area contributed by atoms with Crippen LogP contribution in [0.4, 0.5) is 0 Å². The van der Waals surface area contributed by atoms with Gasteiger partial charge in [0.2, 0.25) is 5.90 Å². The number of rotatable bonds is 5. The first-order valence-electron chi connectivity index (χ1n) is 9.17. The smallest absolute Gasteiger partial charge is 0.217 e. The zero-order valence-corrected chi connectivity index (χ0v) is 17.7. The molecule has 3 atom stereocenters. The van der Waals surface area contributed by atoms with Crippen LogP contribution in [-0.2, 0) is 9.16 Å². The van der Waals surface area contributed by atoms with Crippen molar-refractivity contribution in [1.82, 2.24) is 0 Å². The zero-order chi connectivity index (χ0) is 18.8. The lowest BCUT2D eigenvalue weighted by Gasteiger charge is -2.45. The van der Waals surface area contributed by atoms with Crippen LogP contribution in [0.5, 0.6) is 0 Å². The van der Waals surface area contributed by atoms with E-state index in [1.54, 1.807) is 0 Å². The Morgan fingerprint density at radius 3 is 2.28 bits per heavy atom. The molecule has 0 bridgehead atoms. The monoisotopic (exact) mass is 359 g/mol. The van der Waals surface area contributed by atoms with E-state index in [2.05, 4.69) is 54.3 Å². The molecule has 0 amide bonds. The van der Waals surface area contributed by atoms with Crippen molar-refractivity contribution in [1.29, 1.82) is 0 Å². The van der Waals surface area contributed by atoms with Crippen LogP contribution in [-0.4, -0.2) is 32.5 Å². The highest BCUT2D eigenvalue weighted by atomic mass is 28.4. The Kier molecular flexibility index (Phi) is 5.95. The summed E-state index contributed by atoms with van der Waals surface area (Å²) < 4.78 is 12.9. The molecule has 0 aromatic heterocycles. The average molecular weight is 360 g/mol. The number of benzene rings is 1.